The zero-order chi connectivity index (χ0) is 29.2. The normalized spacial score (nSPS) is 13.7. The number of fused-ring (bicyclic) bond motifs is 1. The highest BCUT2D eigenvalue weighted by Gasteiger charge is 2.20. The molecule has 3 aromatic carbocycles. The van der Waals surface area contributed by atoms with Crippen LogP contribution in [0, 0.1) is 0 Å². The highest BCUT2D eigenvalue weighted by atomic mass is 32.2. The van der Waals surface area contributed by atoms with Crippen molar-refractivity contribution in [3.8, 4) is 0 Å². The molecule has 0 unspecified atom stereocenters. The van der Waals surface area contributed by atoms with E-state index in [0.717, 1.165) is 48.2 Å². The van der Waals surface area contributed by atoms with Gasteiger partial charge in [-0.3, -0.25) is 4.55 Å². The summed E-state index contributed by atoms with van der Waals surface area (Å²) < 4.78 is 71.9. The molecule has 1 aliphatic carbocycles. The van der Waals surface area contributed by atoms with E-state index in [1.54, 1.807) is 0 Å². The predicted molar refractivity (Wildman–Crippen MR) is 158 cm³/mol. The van der Waals surface area contributed by atoms with Crippen LogP contribution in [0.1, 0.15) is 31.9 Å². The second-order valence-corrected chi connectivity index (χ2v) is 12.2. The number of hydrogen-bond donors (Lipinski definition) is 1. The molecular formula is C30H32N2O6S2. The Labute approximate surface area is 235 Å². The first-order valence-corrected chi connectivity index (χ1v) is 15.8. The molecule has 10 heteroatoms. The molecule has 0 radical (unpaired) electrons. The standard InChI is InChI=1S/C30H32N2O6S2/c1-5-31(4)24-12-8-21(9-13-24)30(22-10-14-25(15-11-22)32(6-2)7-3)29-20-27(40(36,37)38)19-23-18-26(39(33,34)35)16-17-28(23)29/h8-20H,5-7H2,1-4H3,(H-,33,34,35,36,37,38). The van der Waals surface area contributed by atoms with Gasteiger partial charge >= 0.3 is 0 Å². The van der Waals surface area contributed by atoms with Gasteiger partial charge in [0.2, 0.25) is 0 Å². The van der Waals surface area contributed by atoms with Gasteiger partial charge in [0.15, 0.2) is 5.71 Å². The Morgan fingerprint density at radius 3 is 1.98 bits per heavy atom. The first-order chi connectivity index (χ1) is 18.9. The van der Waals surface area contributed by atoms with Gasteiger partial charge in [0.25, 0.3) is 10.1 Å². The molecule has 4 rings (SSSR count). The highest BCUT2D eigenvalue weighted by Crippen LogP contribution is 2.37. The van der Waals surface area contributed by atoms with Crippen LogP contribution in [0.2, 0.25) is 0 Å². The van der Waals surface area contributed by atoms with Crippen LogP contribution in [0.25, 0.3) is 16.3 Å². The summed E-state index contributed by atoms with van der Waals surface area (Å²) in [5.74, 6) is 0. The van der Waals surface area contributed by atoms with Crippen LogP contribution in [0.15, 0.2) is 94.3 Å². The van der Waals surface area contributed by atoms with E-state index in [2.05, 4.69) is 23.3 Å². The molecular weight excluding hydrogens is 548 g/mol. The number of hydrogen-bond acceptors (Lipinski definition) is 6. The Bertz CT molecular complexity index is 1770. The Balaban J connectivity index is 2.07. The molecule has 8 nitrogen and oxygen atoms in total. The van der Waals surface area contributed by atoms with E-state index in [-0.39, 0.29) is 5.39 Å². The third kappa shape index (κ3) is 6.10. The zero-order valence-electron chi connectivity index (χ0n) is 22.8. The number of rotatable bonds is 8. The van der Waals surface area contributed by atoms with Gasteiger partial charge in [0.1, 0.15) is 23.7 Å². The monoisotopic (exact) mass is 580 g/mol. The van der Waals surface area contributed by atoms with Gasteiger partial charge in [-0.2, -0.15) is 8.42 Å². The van der Waals surface area contributed by atoms with Crippen molar-refractivity contribution < 1.29 is 30.5 Å². The third-order valence-corrected chi connectivity index (χ3v) is 8.77. The topological polar surface area (TPSA) is 118 Å². The van der Waals surface area contributed by atoms with Crippen LogP contribution in [0.5, 0.6) is 0 Å². The first-order valence-electron chi connectivity index (χ1n) is 12.9. The van der Waals surface area contributed by atoms with Crippen LogP contribution < -0.4 is 4.90 Å². The Hall–Kier alpha value is -3.57. The molecule has 210 valence electrons. The maximum Gasteiger partial charge on any atom is 0.294 e. The molecule has 0 atom stereocenters. The van der Waals surface area contributed by atoms with E-state index in [1.165, 1.54) is 24.3 Å². The van der Waals surface area contributed by atoms with Gasteiger partial charge in [0.05, 0.1) is 9.79 Å². The minimum Gasteiger partial charge on any atom is -0.744 e. The van der Waals surface area contributed by atoms with Crippen molar-refractivity contribution in [3.63, 3.8) is 0 Å². The van der Waals surface area contributed by atoms with E-state index >= 15 is 0 Å². The molecule has 0 fully saturated rings. The number of benzene rings is 3. The summed E-state index contributed by atoms with van der Waals surface area (Å²) in [6.45, 7) is 8.68. The molecule has 1 aliphatic rings. The van der Waals surface area contributed by atoms with Gasteiger partial charge < -0.3 is 9.45 Å². The predicted octanol–water partition coefficient (Wildman–Crippen LogP) is 4.87. The zero-order valence-corrected chi connectivity index (χ0v) is 24.5. The summed E-state index contributed by atoms with van der Waals surface area (Å²) in [7, 11) is -7.47. The van der Waals surface area contributed by atoms with Crippen molar-refractivity contribution in [3.05, 3.63) is 95.6 Å². The number of nitrogens with zero attached hydrogens (tertiary/aromatic N) is 2. The average Bonchev–Trinajstić information content (AvgIpc) is 2.93. The van der Waals surface area contributed by atoms with Crippen molar-refractivity contribution in [1.29, 1.82) is 0 Å². The van der Waals surface area contributed by atoms with Crippen LogP contribution in [-0.4, -0.2) is 62.9 Å². The molecule has 0 saturated carbocycles. The molecule has 0 saturated heterocycles. The van der Waals surface area contributed by atoms with Crippen molar-refractivity contribution in [2.45, 2.75) is 30.6 Å². The van der Waals surface area contributed by atoms with E-state index in [0.29, 0.717) is 16.5 Å². The first kappa shape index (κ1) is 29.4. The summed E-state index contributed by atoms with van der Waals surface area (Å²) in [5.41, 5.74) is 4.72. The Morgan fingerprint density at radius 2 is 1.45 bits per heavy atom. The molecule has 1 N–H and O–H groups in total. The largest absolute Gasteiger partial charge is 0.744 e. The number of anilines is 1. The van der Waals surface area contributed by atoms with E-state index in [4.69, 9.17) is 0 Å². The third-order valence-electron chi connectivity index (χ3n) is 7.11. The van der Waals surface area contributed by atoms with E-state index < -0.39 is 30.0 Å². The van der Waals surface area contributed by atoms with Gasteiger partial charge in [0, 0.05) is 30.9 Å². The van der Waals surface area contributed by atoms with Crippen molar-refractivity contribution in [1.82, 2.24) is 0 Å². The lowest BCUT2D eigenvalue weighted by molar-refractivity contribution is -0.491. The Morgan fingerprint density at radius 1 is 0.850 bits per heavy atom. The van der Waals surface area contributed by atoms with Crippen molar-refractivity contribution in [2.24, 2.45) is 0 Å². The maximum atomic E-state index is 12.2. The van der Waals surface area contributed by atoms with Gasteiger partial charge in [-0.15, -0.1) is 0 Å². The minimum absolute atomic E-state index is 0.196. The van der Waals surface area contributed by atoms with Crippen LogP contribution >= 0.6 is 0 Å². The SMILES string of the molecule is CCN(CC)c1ccc(C(=C2C=CC(=[N+](C)CC)C=C2)c2cc(S(=O)(=O)[O-])cc3cc(S(=O)(=O)O)ccc23)cc1. The lowest BCUT2D eigenvalue weighted by Crippen LogP contribution is -2.21. The van der Waals surface area contributed by atoms with Crippen LogP contribution in [-0.2, 0) is 20.2 Å². The summed E-state index contributed by atoms with van der Waals surface area (Å²) in [5, 5.41) is 0.721. The summed E-state index contributed by atoms with van der Waals surface area (Å²) >= 11 is 0. The summed E-state index contributed by atoms with van der Waals surface area (Å²) in [6.07, 6.45) is 7.81. The second kappa shape index (κ2) is 11.5. The van der Waals surface area contributed by atoms with Gasteiger partial charge in [-0.25, -0.2) is 13.0 Å². The molecule has 0 amide bonds. The average molecular weight is 581 g/mol. The summed E-state index contributed by atoms with van der Waals surface area (Å²) in [4.78, 5) is 1.31. The maximum absolute atomic E-state index is 12.2. The van der Waals surface area contributed by atoms with Gasteiger partial charge in [-0.05, 0) is 102 Å². The molecule has 3 aromatic rings. The molecule has 0 aliphatic heterocycles. The Kier molecular flexibility index (Phi) is 8.46. The molecule has 0 spiro atoms. The van der Waals surface area contributed by atoms with Gasteiger partial charge in [-0.1, -0.05) is 18.2 Å². The van der Waals surface area contributed by atoms with Crippen molar-refractivity contribution >= 4 is 48.0 Å². The van der Waals surface area contributed by atoms with E-state index in [9.17, 15) is 25.9 Å². The van der Waals surface area contributed by atoms with Crippen LogP contribution in [0.3, 0.4) is 0 Å². The molecule has 0 bridgehead atoms. The lowest BCUT2D eigenvalue weighted by atomic mass is 9.88. The second-order valence-electron chi connectivity index (χ2n) is 9.44. The number of allylic oxidation sites excluding steroid dienone is 5. The minimum atomic E-state index is -4.90. The molecule has 0 aromatic heterocycles. The lowest BCUT2D eigenvalue weighted by Gasteiger charge is -2.22. The van der Waals surface area contributed by atoms with E-state index in [1.807, 2.05) is 62.5 Å². The molecule has 40 heavy (non-hydrogen) atoms. The fourth-order valence-corrected chi connectivity index (χ4v) is 5.85. The highest BCUT2D eigenvalue weighted by molar-refractivity contribution is 7.86. The smallest absolute Gasteiger partial charge is 0.294 e. The van der Waals surface area contributed by atoms with Crippen molar-refractivity contribution in [2.75, 3.05) is 31.6 Å². The fourth-order valence-electron chi connectivity index (χ4n) is 4.80. The quantitative estimate of drug-likeness (QED) is 0.298. The summed E-state index contributed by atoms with van der Waals surface area (Å²) in [6, 6.07) is 14.3. The molecule has 0 heterocycles. The van der Waals surface area contributed by atoms with Crippen LogP contribution in [0.4, 0.5) is 5.69 Å². The fraction of sp³-hybridized carbons (Fsp3) is 0.233.